The average Bonchev–Trinajstić information content (AvgIpc) is 3.59. The Labute approximate surface area is 228 Å². The molecule has 1 saturated carbocycles. The molecule has 2 atom stereocenters. The minimum atomic E-state index is -0.848. The number of fused-ring (bicyclic) bond motifs is 1. The van der Waals surface area contributed by atoms with Gasteiger partial charge in [-0.2, -0.15) is 0 Å². The molecule has 1 aromatic heterocycles. The molecule has 1 aliphatic carbocycles. The molecule has 1 saturated heterocycles. The number of benzene rings is 2. The molecule has 2 unspecified atom stereocenters. The van der Waals surface area contributed by atoms with Crippen LogP contribution < -0.4 is 10.1 Å². The van der Waals surface area contributed by atoms with Crippen molar-refractivity contribution in [1.82, 2.24) is 9.47 Å². The number of aromatic nitrogens is 1. The van der Waals surface area contributed by atoms with Crippen LogP contribution in [0.2, 0.25) is 0 Å². The lowest BCUT2D eigenvalue weighted by atomic mass is 9.88. The van der Waals surface area contributed by atoms with Crippen LogP contribution in [-0.4, -0.2) is 52.1 Å². The fourth-order valence-electron chi connectivity index (χ4n) is 6.32. The first-order valence-electron chi connectivity index (χ1n) is 14.1. The van der Waals surface area contributed by atoms with Crippen molar-refractivity contribution >= 4 is 34.4 Å². The summed E-state index contributed by atoms with van der Waals surface area (Å²) >= 11 is 0. The lowest BCUT2D eigenvalue weighted by molar-refractivity contribution is -0.149. The number of hydrogen-bond donors (Lipinski definition) is 2. The Balaban J connectivity index is 1.21. The zero-order valence-electron chi connectivity index (χ0n) is 22.7. The first-order chi connectivity index (χ1) is 18.9. The molecule has 2 heterocycles. The van der Waals surface area contributed by atoms with Gasteiger partial charge in [-0.05, 0) is 81.3 Å². The third-order valence-electron chi connectivity index (χ3n) is 8.35. The summed E-state index contributed by atoms with van der Waals surface area (Å²) in [6.45, 7) is 6.50. The Morgan fingerprint density at radius 2 is 1.69 bits per heavy atom. The van der Waals surface area contributed by atoms with Crippen molar-refractivity contribution in [3.63, 3.8) is 0 Å². The highest BCUT2D eigenvalue weighted by Gasteiger charge is 2.40. The van der Waals surface area contributed by atoms with Gasteiger partial charge in [0.2, 0.25) is 5.91 Å². The topological polar surface area (TPSA) is 101 Å². The predicted molar refractivity (Wildman–Crippen MR) is 150 cm³/mol. The Morgan fingerprint density at radius 1 is 0.974 bits per heavy atom. The quantitative estimate of drug-likeness (QED) is 0.399. The van der Waals surface area contributed by atoms with E-state index in [-0.39, 0.29) is 17.7 Å². The summed E-state index contributed by atoms with van der Waals surface area (Å²) in [6.07, 6.45) is 3.78. The lowest BCUT2D eigenvalue weighted by Gasteiger charge is -2.34. The lowest BCUT2D eigenvalue weighted by Crippen LogP contribution is -2.43. The summed E-state index contributed by atoms with van der Waals surface area (Å²) in [5.74, 6) is -0.812. The van der Waals surface area contributed by atoms with E-state index < -0.39 is 11.9 Å². The number of carbonyl (C=O) groups is 3. The van der Waals surface area contributed by atoms with Gasteiger partial charge in [0.25, 0.3) is 5.91 Å². The SMILES string of the molecule is CCOc1cccc2c1cc(C(=O)Nc1ccc(C3CCN(C(=O)C4CCCC4C(=O)O)CC3)cc1)n2CC. The number of aryl methyl sites for hydroxylation is 1. The van der Waals surface area contributed by atoms with Crippen molar-refractivity contribution in [1.29, 1.82) is 0 Å². The Hall–Kier alpha value is -3.81. The van der Waals surface area contributed by atoms with Gasteiger partial charge < -0.3 is 24.6 Å². The van der Waals surface area contributed by atoms with Gasteiger partial charge in [0, 0.05) is 30.7 Å². The van der Waals surface area contributed by atoms with E-state index in [1.54, 1.807) is 0 Å². The van der Waals surface area contributed by atoms with Crippen molar-refractivity contribution in [3.05, 3.63) is 59.8 Å². The maximum Gasteiger partial charge on any atom is 0.307 e. The fourth-order valence-corrected chi connectivity index (χ4v) is 6.32. The Bertz CT molecular complexity index is 1350. The monoisotopic (exact) mass is 531 g/mol. The fraction of sp³-hybridized carbons (Fsp3) is 0.452. The molecule has 8 nitrogen and oxygen atoms in total. The van der Waals surface area contributed by atoms with Crippen LogP contribution in [0.3, 0.4) is 0 Å². The normalized spacial score (nSPS) is 19.8. The van der Waals surface area contributed by atoms with E-state index in [4.69, 9.17) is 4.74 Å². The smallest absolute Gasteiger partial charge is 0.307 e. The van der Waals surface area contributed by atoms with Gasteiger partial charge in [0.1, 0.15) is 11.4 Å². The molecule has 8 heteroatoms. The number of aliphatic carboxylic acids is 1. The minimum Gasteiger partial charge on any atom is -0.493 e. The zero-order valence-corrected chi connectivity index (χ0v) is 22.7. The van der Waals surface area contributed by atoms with Crippen molar-refractivity contribution in [2.24, 2.45) is 11.8 Å². The van der Waals surface area contributed by atoms with Crippen LogP contribution in [0.4, 0.5) is 5.69 Å². The van der Waals surface area contributed by atoms with Crippen molar-refractivity contribution in [2.45, 2.75) is 58.4 Å². The summed E-state index contributed by atoms with van der Waals surface area (Å²) in [6, 6.07) is 15.7. The number of carbonyl (C=O) groups excluding carboxylic acids is 2. The van der Waals surface area contributed by atoms with Crippen LogP contribution in [0.5, 0.6) is 5.75 Å². The molecule has 206 valence electrons. The number of piperidine rings is 1. The van der Waals surface area contributed by atoms with Crippen molar-refractivity contribution in [2.75, 3.05) is 25.0 Å². The van der Waals surface area contributed by atoms with Gasteiger partial charge in [-0.15, -0.1) is 0 Å². The van der Waals surface area contributed by atoms with Gasteiger partial charge in [-0.3, -0.25) is 14.4 Å². The maximum atomic E-state index is 13.2. The number of anilines is 1. The minimum absolute atomic E-state index is 0.00859. The molecule has 3 aromatic rings. The molecule has 5 rings (SSSR count). The third kappa shape index (κ3) is 5.37. The first kappa shape index (κ1) is 26.8. The largest absolute Gasteiger partial charge is 0.493 e. The van der Waals surface area contributed by atoms with Crippen LogP contribution in [0.15, 0.2) is 48.5 Å². The molecule has 0 radical (unpaired) electrons. The number of nitrogens with zero attached hydrogens (tertiary/aromatic N) is 2. The number of likely N-dealkylation sites (tertiary alicyclic amines) is 1. The van der Waals surface area contributed by atoms with E-state index in [0.29, 0.717) is 50.7 Å². The number of rotatable bonds is 8. The maximum absolute atomic E-state index is 13.2. The third-order valence-corrected chi connectivity index (χ3v) is 8.35. The molecule has 2 aromatic carbocycles. The second kappa shape index (κ2) is 11.5. The molecule has 2 aliphatic rings. The van der Waals surface area contributed by atoms with Crippen molar-refractivity contribution in [3.8, 4) is 5.75 Å². The molecule has 0 bridgehead atoms. The van der Waals surface area contributed by atoms with E-state index in [0.717, 1.165) is 41.6 Å². The van der Waals surface area contributed by atoms with Gasteiger partial charge in [0.15, 0.2) is 0 Å². The molecule has 1 aliphatic heterocycles. The summed E-state index contributed by atoms with van der Waals surface area (Å²) < 4.78 is 7.77. The van der Waals surface area contributed by atoms with Crippen LogP contribution in [-0.2, 0) is 16.1 Å². The standard InChI is InChI=1S/C31H37N3O5/c1-3-34-26-9-6-10-28(39-4-2)25(26)19-27(34)29(35)32-22-13-11-20(12-14-22)21-15-17-33(18-16-21)30(36)23-7-5-8-24(23)31(37)38/h6,9-14,19,21,23-24H,3-5,7-8,15-18H2,1-2H3,(H,32,35)(H,37,38). The highest BCUT2D eigenvalue weighted by atomic mass is 16.5. The number of amides is 2. The van der Waals surface area contributed by atoms with E-state index in [9.17, 15) is 19.5 Å². The number of ether oxygens (including phenoxy) is 1. The molecular formula is C31H37N3O5. The van der Waals surface area contributed by atoms with Crippen LogP contribution in [0, 0.1) is 11.8 Å². The van der Waals surface area contributed by atoms with E-state index in [2.05, 4.69) is 17.4 Å². The Morgan fingerprint density at radius 3 is 2.36 bits per heavy atom. The molecular weight excluding hydrogens is 494 g/mol. The van der Waals surface area contributed by atoms with Crippen molar-refractivity contribution < 1.29 is 24.2 Å². The van der Waals surface area contributed by atoms with Gasteiger partial charge in [-0.25, -0.2) is 0 Å². The van der Waals surface area contributed by atoms with Crippen LogP contribution >= 0.6 is 0 Å². The van der Waals surface area contributed by atoms with E-state index in [1.165, 1.54) is 5.56 Å². The predicted octanol–water partition coefficient (Wildman–Crippen LogP) is 5.52. The van der Waals surface area contributed by atoms with E-state index in [1.807, 2.05) is 59.7 Å². The van der Waals surface area contributed by atoms with Crippen LogP contribution in [0.1, 0.15) is 67.9 Å². The van der Waals surface area contributed by atoms with Gasteiger partial charge in [0.05, 0.1) is 24.0 Å². The molecule has 0 spiro atoms. The second-order valence-electron chi connectivity index (χ2n) is 10.6. The van der Waals surface area contributed by atoms with Crippen LogP contribution in [0.25, 0.3) is 10.9 Å². The average molecular weight is 532 g/mol. The highest BCUT2D eigenvalue weighted by molar-refractivity contribution is 6.07. The summed E-state index contributed by atoms with van der Waals surface area (Å²) in [5.41, 5.74) is 3.48. The Kier molecular flexibility index (Phi) is 7.91. The summed E-state index contributed by atoms with van der Waals surface area (Å²) in [5, 5.41) is 13.4. The summed E-state index contributed by atoms with van der Waals surface area (Å²) in [4.78, 5) is 39.6. The zero-order chi connectivity index (χ0) is 27.5. The molecule has 39 heavy (non-hydrogen) atoms. The van der Waals surface area contributed by atoms with Gasteiger partial charge >= 0.3 is 5.97 Å². The second-order valence-corrected chi connectivity index (χ2v) is 10.6. The number of carboxylic acid groups (broad SMARTS) is 1. The summed E-state index contributed by atoms with van der Waals surface area (Å²) in [7, 11) is 0. The van der Waals surface area contributed by atoms with Gasteiger partial charge in [-0.1, -0.05) is 24.6 Å². The molecule has 2 N–H and O–H groups in total. The van der Waals surface area contributed by atoms with E-state index >= 15 is 0 Å². The molecule has 2 amide bonds. The number of nitrogens with one attached hydrogen (secondary N) is 1. The number of carboxylic acids is 1. The first-order valence-corrected chi connectivity index (χ1v) is 14.1. The number of hydrogen-bond acceptors (Lipinski definition) is 4. The highest BCUT2D eigenvalue weighted by Crippen LogP contribution is 2.36. The molecule has 2 fully saturated rings.